The van der Waals surface area contributed by atoms with Crippen molar-refractivity contribution in [2.75, 3.05) is 13.1 Å². The standard InChI is InChI=1S/C23H32N2O3S2/c1-4-21-19-15-23(2,3)12-11-18(19)22(29-21)20(26)10-7-16-5-8-17(9-6-16)30(27,28)25-14-13-24/h5-6,8-9,25H,4,7,10-15,24H2,1-3H3. The number of benzene rings is 1. The number of hydrogen-bond donors (Lipinski definition) is 2. The van der Waals surface area contributed by atoms with E-state index in [1.165, 1.54) is 16.0 Å². The maximum absolute atomic E-state index is 13.0. The zero-order chi connectivity index (χ0) is 21.9. The van der Waals surface area contributed by atoms with Crippen LogP contribution < -0.4 is 10.5 Å². The molecule has 0 fully saturated rings. The quantitative estimate of drug-likeness (QED) is 0.570. The molecule has 2 aromatic rings. The summed E-state index contributed by atoms with van der Waals surface area (Å²) in [7, 11) is -3.53. The molecule has 0 spiro atoms. The van der Waals surface area contributed by atoms with E-state index in [1.54, 1.807) is 35.6 Å². The van der Waals surface area contributed by atoms with Gasteiger partial charge in [-0.05, 0) is 66.3 Å². The number of hydrogen-bond acceptors (Lipinski definition) is 5. The highest BCUT2D eigenvalue weighted by Crippen LogP contribution is 2.42. The molecule has 0 aliphatic heterocycles. The number of rotatable bonds is 9. The van der Waals surface area contributed by atoms with Crippen LogP contribution in [0.15, 0.2) is 29.2 Å². The van der Waals surface area contributed by atoms with Gasteiger partial charge in [0.2, 0.25) is 10.0 Å². The molecule has 0 unspecified atom stereocenters. The lowest BCUT2D eigenvalue weighted by atomic mass is 9.74. The Balaban J connectivity index is 1.69. The molecule has 0 atom stereocenters. The number of nitrogens with two attached hydrogens (primary N) is 1. The summed E-state index contributed by atoms with van der Waals surface area (Å²) in [5.41, 5.74) is 9.33. The number of aryl methyl sites for hydroxylation is 2. The SMILES string of the molecule is CCc1sc(C(=O)CCc2ccc(S(=O)(=O)NCCN)cc2)c2c1CC(C)(C)CC2. The van der Waals surface area contributed by atoms with Crippen LogP contribution in [0.5, 0.6) is 0 Å². The summed E-state index contributed by atoms with van der Waals surface area (Å²) < 4.78 is 26.7. The Kier molecular flexibility index (Phi) is 7.17. The molecule has 0 saturated carbocycles. The van der Waals surface area contributed by atoms with Gasteiger partial charge >= 0.3 is 0 Å². The number of sulfonamides is 1. The molecule has 164 valence electrons. The van der Waals surface area contributed by atoms with Crippen LogP contribution in [0.25, 0.3) is 0 Å². The highest BCUT2D eigenvalue weighted by Gasteiger charge is 2.31. The molecule has 0 radical (unpaired) electrons. The van der Waals surface area contributed by atoms with Gasteiger partial charge in [0.05, 0.1) is 9.77 Å². The topological polar surface area (TPSA) is 89.3 Å². The third kappa shape index (κ3) is 5.19. The van der Waals surface area contributed by atoms with E-state index in [0.717, 1.165) is 36.1 Å². The molecule has 30 heavy (non-hydrogen) atoms. The Morgan fingerprint density at radius 2 is 1.90 bits per heavy atom. The Morgan fingerprint density at radius 1 is 1.20 bits per heavy atom. The molecule has 0 bridgehead atoms. The van der Waals surface area contributed by atoms with Crippen LogP contribution in [0.2, 0.25) is 0 Å². The average molecular weight is 449 g/mol. The first-order chi connectivity index (χ1) is 14.2. The summed E-state index contributed by atoms with van der Waals surface area (Å²) in [5, 5.41) is 0. The number of Topliss-reactive ketones (excluding diaryl/α,β-unsaturated/α-hetero) is 1. The smallest absolute Gasteiger partial charge is 0.240 e. The first kappa shape index (κ1) is 23.1. The zero-order valence-corrected chi connectivity index (χ0v) is 19.7. The van der Waals surface area contributed by atoms with Crippen molar-refractivity contribution < 1.29 is 13.2 Å². The van der Waals surface area contributed by atoms with Crippen molar-refractivity contribution in [1.82, 2.24) is 4.72 Å². The van der Waals surface area contributed by atoms with E-state index in [0.29, 0.717) is 18.3 Å². The van der Waals surface area contributed by atoms with Crippen molar-refractivity contribution in [2.45, 2.75) is 64.2 Å². The van der Waals surface area contributed by atoms with Gasteiger partial charge in [0.1, 0.15) is 0 Å². The minimum absolute atomic E-state index is 0.206. The van der Waals surface area contributed by atoms with E-state index < -0.39 is 10.0 Å². The third-order valence-corrected chi connectivity index (χ3v) is 8.73. The first-order valence-corrected chi connectivity index (χ1v) is 12.9. The van der Waals surface area contributed by atoms with Crippen LogP contribution in [0.3, 0.4) is 0 Å². The van der Waals surface area contributed by atoms with Gasteiger partial charge in [-0.1, -0.05) is 32.9 Å². The molecule has 1 aliphatic carbocycles. The van der Waals surface area contributed by atoms with Crippen molar-refractivity contribution in [3.8, 4) is 0 Å². The van der Waals surface area contributed by atoms with Crippen LogP contribution in [0, 0.1) is 5.41 Å². The van der Waals surface area contributed by atoms with E-state index in [9.17, 15) is 13.2 Å². The summed E-state index contributed by atoms with van der Waals surface area (Å²) in [4.78, 5) is 15.5. The van der Waals surface area contributed by atoms with Gasteiger partial charge in [0.15, 0.2) is 5.78 Å². The Morgan fingerprint density at radius 3 is 2.53 bits per heavy atom. The molecule has 0 saturated heterocycles. The minimum atomic E-state index is -3.53. The van der Waals surface area contributed by atoms with Crippen molar-refractivity contribution >= 4 is 27.1 Å². The fraction of sp³-hybridized carbons (Fsp3) is 0.522. The van der Waals surface area contributed by atoms with Crippen LogP contribution in [0.1, 0.15) is 64.9 Å². The van der Waals surface area contributed by atoms with Crippen molar-refractivity contribution in [3.05, 3.63) is 50.7 Å². The van der Waals surface area contributed by atoms with Crippen LogP contribution >= 0.6 is 11.3 Å². The number of carbonyl (C=O) groups is 1. The highest BCUT2D eigenvalue weighted by molar-refractivity contribution is 7.89. The maximum Gasteiger partial charge on any atom is 0.240 e. The van der Waals surface area contributed by atoms with E-state index in [4.69, 9.17) is 5.73 Å². The lowest BCUT2D eigenvalue weighted by Crippen LogP contribution is -2.29. The van der Waals surface area contributed by atoms with Gasteiger partial charge < -0.3 is 5.73 Å². The number of thiophene rings is 1. The molecular formula is C23H32N2O3S2. The van der Waals surface area contributed by atoms with Crippen molar-refractivity contribution in [1.29, 1.82) is 0 Å². The van der Waals surface area contributed by atoms with E-state index in [2.05, 4.69) is 25.5 Å². The lowest BCUT2D eigenvalue weighted by Gasteiger charge is -2.30. The Labute approximate surface area is 184 Å². The van der Waals surface area contributed by atoms with Gasteiger partial charge in [0.25, 0.3) is 0 Å². The van der Waals surface area contributed by atoms with Crippen molar-refractivity contribution in [3.63, 3.8) is 0 Å². The molecule has 1 aliphatic rings. The molecule has 5 nitrogen and oxygen atoms in total. The molecule has 0 amide bonds. The highest BCUT2D eigenvalue weighted by atomic mass is 32.2. The minimum Gasteiger partial charge on any atom is -0.329 e. The van der Waals surface area contributed by atoms with Crippen molar-refractivity contribution in [2.24, 2.45) is 11.1 Å². The molecule has 1 aromatic heterocycles. The summed E-state index contributed by atoms with van der Waals surface area (Å²) in [6.07, 6.45) is 5.19. The Bertz CT molecular complexity index is 1010. The van der Waals surface area contributed by atoms with Crippen LogP contribution in [-0.4, -0.2) is 27.3 Å². The summed E-state index contributed by atoms with van der Waals surface area (Å²) in [6, 6.07) is 6.74. The second kappa shape index (κ2) is 9.30. The van der Waals surface area contributed by atoms with E-state index in [1.807, 2.05) is 0 Å². The predicted octanol–water partition coefficient (Wildman–Crippen LogP) is 3.88. The first-order valence-electron chi connectivity index (χ1n) is 10.6. The molecule has 7 heteroatoms. The summed E-state index contributed by atoms with van der Waals surface area (Å²) in [6.45, 7) is 7.25. The van der Waals surface area contributed by atoms with Crippen LogP contribution in [-0.2, 0) is 35.7 Å². The van der Waals surface area contributed by atoms with Gasteiger partial charge in [-0.25, -0.2) is 13.1 Å². The summed E-state index contributed by atoms with van der Waals surface area (Å²) in [5.74, 6) is 0.206. The van der Waals surface area contributed by atoms with Gasteiger partial charge in [-0.15, -0.1) is 11.3 Å². The lowest BCUT2D eigenvalue weighted by molar-refractivity contribution is 0.0985. The number of carbonyl (C=O) groups excluding carboxylic acids is 1. The monoisotopic (exact) mass is 448 g/mol. The molecular weight excluding hydrogens is 416 g/mol. The third-order valence-electron chi connectivity index (χ3n) is 5.79. The largest absolute Gasteiger partial charge is 0.329 e. The molecule has 1 heterocycles. The maximum atomic E-state index is 13.0. The number of ketones is 1. The van der Waals surface area contributed by atoms with E-state index >= 15 is 0 Å². The zero-order valence-electron chi connectivity index (χ0n) is 18.1. The molecule has 3 rings (SSSR count). The van der Waals surface area contributed by atoms with Gasteiger partial charge in [0, 0.05) is 24.4 Å². The normalized spacial score (nSPS) is 15.7. The fourth-order valence-corrected chi connectivity index (χ4v) is 6.37. The second-order valence-corrected chi connectivity index (χ2v) is 11.6. The summed E-state index contributed by atoms with van der Waals surface area (Å²) >= 11 is 1.69. The predicted molar refractivity (Wildman–Crippen MR) is 123 cm³/mol. The average Bonchev–Trinajstić information content (AvgIpc) is 3.07. The van der Waals surface area contributed by atoms with Gasteiger partial charge in [-0.3, -0.25) is 4.79 Å². The van der Waals surface area contributed by atoms with E-state index in [-0.39, 0.29) is 23.8 Å². The molecule has 3 N–H and O–H groups in total. The number of nitrogens with one attached hydrogen (secondary N) is 1. The molecule has 1 aromatic carbocycles. The van der Waals surface area contributed by atoms with Gasteiger partial charge in [-0.2, -0.15) is 0 Å². The fourth-order valence-electron chi connectivity index (χ4n) is 4.05. The second-order valence-electron chi connectivity index (χ2n) is 8.76. The Hall–Kier alpha value is -1.54. The number of fused-ring (bicyclic) bond motifs is 1. The van der Waals surface area contributed by atoms with Crippen LogP contribution in [0.4, 0.5) is 0 Å².